The lowest BCUT2D eigenvalue weighted by molar-refractivity contribution is -0.324. The van der Waals surface area contributed by atoms with E-state index in [1.807, 2.05) is 0 Å². The van der Waals surface area contributed by atoms with Gasteiger partial charge in [-0.25, -0.2) is 0 Å². The molecule has 4 saturated carbocycles. The Morgan fingerprint density at radius 1 is 0.667 bits per heavy atom. The highest BCUT2D eigenvalue weighted by molar-refractivity contribution is 4.81. The molecule has 0 aromatic carbocycles. The van der Waals surface area contributed by atoms with E-state index in [1.54, 1.807) is 0 Å². The summed E-state index contributed by atoms with van der Waals surface area (Å²) >= 11 is 0. The van der Waals surface area contributed by atoms with Crippen molar-refractivity contribution < 1.29 is 18.9 Å². The predicted octanol–water partition coefficient (Wildman–Crippen LogP) is 4.70. The van der Waals surface area contributed by atoms with Gasteiger partial charge in [-0.05, 0) is 84.0 Å². The molecule has 0 bridgehead atoms. The molecular formula is C20H34O4. The van der Waals surface area contributed by atoms with Crippen LogP contribution in [0, 0.1) is 0 Å². The second-order valence-electron chi connectivity index (χ2n) is 8.49. The highest BCUT2D eigenvalue weighted by atomic mass is 16.7. The first-order chi connectivity index (χ1) is 11.7. The summed E-state index contributed by atoms with van der Waals surface area (Å²) in [6.07, 6.45) is 16.5. The van der Waals surface area contributed by atoms with Crippen molar-refractivity contribution in [3.8, 4) is 0 Å². The second-order valence-corrected chi connectivity index (χ2v) is 8.49. The molecule has 4 fully saturated rings. The Kier molecular flexibility index (Phi) is 5.47. The zero-order valence-corrected chi connectivity index (χ0v) is 15.2. The minimum Gasteiger partial charge on any atom is -0.349 e. The Bertz CT molecular complexity index is 364. The van der Waals surface area contributed by atoms with Gasteiger partial charge in [0.2, 0.25) is 0 Å². The third-order valence-corrected chi connectivity index (χ3v) is 6.27. The van der Waals surface area contributed by atoms with E-state index in [1.165, 1.54) is 77.0 Å². The summed E-state index contributed by atoms with van der Waals surface area (Å²) in [5.74, 6) is -0.561. The molecule has 4 aliphatic carbocycles. The van der Waals surface area contributed by atoms with Gasteiger partial charge >= 0.3 is 0 Å². The van der Waals surface area contributed by atoms with Crippen LogP contribution in [0.25, 0.3) is 0 Å². The Morgan fingerprint density at radius 2 is 1.04 bits per heavy atom. The normalized spacial score (nSPS) is 26.8. The molecule has 24 heavy (non-hydrogen) atoms. The molecule has 0 saturated heterocycles. The fourth-order valence-corrected chi connectivity index (χ4v) is 3.68. The third kappa shape index (κ3) is 4.32. The van der Waals surface area contributed by atoms with Gasteiger partial charge in [0.25, 0.3) is 0 Å². The van der Waals surface area contributed by atoms with Crippen LogP contribution in [-0.2, 0) is 18.9 Å². The van der Waals surface area contributed by atoms with Gasteiger partial charge in [-0.15, -0.1) is 0 Å². The largest absolute Gasteiger partial charge is 0.349 e. The minimum absolute atomic E-state index is 0.175. The second kappa shape index (κ2) is 7.61. The molecule has 0 atom stereocenters. The Balaban J connectivity index is 1.37. The van der Waals surface area contributed by atoms with E-state index >= 15 is 0 Å². The summed E-state index contributed by atoms with van der Waals surface area (Å²) in [7, 11) is 0. The molecule has 0 heterocycles. The maximum atomic E-state index is 6.40. The van der Waals surface area contributed by atoms with Gasteiger partial charge in [0.1, 0.15) is 0 Å². The summed E-state index contributed by atoms with van der Waals surface area (Å²) < 4.78 is 25.3. The molecule has 0 spiro atoms. The Hall–Kier alpha value is -0.160. The van der Waals surface area contributed by atoms with Gasteiger partial charge in [0.15, 0.2) is 12.1 Å². The van der Waals surface area contributed by atoms with Crippen LogP contribution in [0.1, 0.15) is 90.4 Å². The van der Waals surface area contributed by atoms with E-state index in [9.17, 15) is 0 Å². The minimum atomic E-state index is -0.561. The van der Waals surface area contributed by atoms with Crippen molar-refractivity contribution in [1.82, 2.24) is 0 Å². The maximum Gasteiger partial charge on any atom is 0.171 e. The highest BCUT2D eigenvalue weighted by Crippen LogP contribution is 2.37. The molecule has 0 aliphatic heterocycles. The van der Waals surface area contributed by atoms with Crippen LogP contribution < -0.4 is 0 Å². The van der Waals surface area contributed by atoms with Crippen molar-refractivity contribution in [1.29, 1.82) is 0 Å². The molecular weight excluding hydrogens is 304 g/mol. The van der Waals surface area contributed by atoms with Crippen LogP contribution >= 0.6 is 0 Å². The first-order valence-electron chi connectivity index (χ1n) is 10.4. The van der Waals surface area contributed by atoms with Crippen LogP contribution in [0.4, 0.5) is 0 Å². The number of rotatable bonds is 10. The monoisotopic (exact) mass is 338 g/mol. The summed E-state index contributed by atoms with van der Waals surface area (Å²) in [5.41, 5.74) is 0. The SMILES string of the molecule is CC(CC(OC1CCC1)OC1CCC1)(OC1CCC1)OC1CCC1. The standard InChI is InChI=1S/C20H34O4/c1-20(23-17-10-4-11-17,24-18-12-5-13-18)14-19(21-15-6-2-7-15)22-16-8-3-9-16/h15-19H,2-14H2,1H3. The van der Waals surface area contributed by atoms with Crippen LogP contribution in [0.15, 0.2) is 0 Å². The maximum absolute atomic E-state index is 6.40. The molecule has 4 nitrogen and oxygen atoms in total. The number of hydrogen-bond acceptors (Lipinski definition) is 4. The Morgan fingerprint density at radius 3 is 1.33 bits per heavy atom. The molecule has 0 radical (unpaired) electrons. The lowest BCUT2D eigenvalue weighted by Gasteiger charge is -2.44. The third-order valence-electron chi connectivity index (χ3n) is 6.27. The summed E-state index contributed by atoms with van der Waals surface area (Å²) in [4.78, 5) is 0. The molecule has 4 rings (SSSR count). The van der Waals surface area contributed by atoms with Gasteiger partial charge in [-0.3, -0.25) is 0 Å². The molecule has 4 heteroatoms. The zero-order valence-electron chi connectivity index (χ0n) is 15.2. The van der Waals surface area contributed by atoms with Gasteiger partial charge < -0.3 is 18.9 Å². The van der Waals surface area contributed by atoms with Crippen molar-refractivity contribution in [3.63, 3.8) is 0 Å². The van der Waals surface area contributed by atoms with E-state index in [4.69, 9.17) is 18.9 Å². The van der Waals surface area contributed by atoms with E-state index in [2.05, 4.69) is 6.92 Å². The van der Waals surface area contributed by atoms with E-state index in [-0.39, 0.29) is 6.29 Å². The fraction of sp³-hybridized carbons (Fsp3) is 1.00. The number of hydrogen-bond donors (Lipinski definition) is 0. The van der Waals surface area contributed by atoms with Crippen LogP contribution in [0.2, 0.25) is 0 Å². The average Bonchev–Trinajstić information content (AvgIpc) is 2.38. The predicted molar refractivity (Wildman–Crippen MR) is 91.7 cm³/mol. The summed E-state index contributed by atoms with van der Waals surface area (Å²) in [6, 6.07) is 0. The van der Waals surface area contributed by atoms with Crippen molar-refractivity contribution in [3.05, 3.63) is 0 Å². The van der Waals surface area contributed by atoms with Crippen molar-refractivity contribution in [2.75, 3.05) is 0 Å². The lowest BCUT2D eigenvalue weighted by atomic mass is 9.94. The summed E-state index contributed by atoms with van der Waals surface area (Å²) in [5, 5.41) is 0. The van der Waals surface area contributed by atoms with E-state index in [0.717, 1.165) is 0 Å². The molecule has 0 aromatic rings. The van der Waals surface area contributed by atoms with Gasteiger partial charge in [0, 0.05) is 0 Å². The fourth-order valence-electron chi connectivity index (χ4n) is 3.68. The van der Waals surface area contributed by atoms with Crippen molar-refractivity contribution >= 4 is 0 Å². The van der Waals surface area contributed by atoms with Crippen LogP contribution in [0.5, 0.6) is 0 Å². The smallest absolute Gasteiger partial charge is 0.171 e. The van der Waals surface area contributed by atoms with Crippen LogP contribution in [-0.4, -0.2) is 36.5 Å². The molecule has 4 aliphatic rings. The lowest BCUT2D eigenvalue weighted by Crippen LogP contribution is -2.48. The highest BCUT2D eigenvalue weighted by Gasteiger charge is 2.40. The van der Waals surface area contributed by atoms with Gasteiger partial charge in [-0.2, -0.15) is 0 Å². The van der Waals surface area contributed by atoms with Crippen LogP contribution in [0.3, 0.4) is 0 Å². The first kappa shape index (κ1) is 17.3. The molecule has 0 aromatic heterocycles. The van der Waals surface area contributed by atoms with Crippen molar-refractivity contribution in [2.45, 2.75) is 127 Å². The quantitative estimate of drug-likeness (QED) is 0.541. The van der Waals surface area contributed by atoms with Gasteiger partial charge in [0.05, 0.1) is 30.8 Å². The summed E-state index contributed by atoms with van der Waals surface area (Å²) in [6.45, 7) is 2.12. The molecule has 138 valence electrons. The van der Waals surface area contributed by atoms with E-state index in [0.29, 0.717) is 30.8 Å². The Labute approximate surface area is 146 Å². The average molecular weight is 338 g/mol. The molecule has 0 unspecified atom stereocenters. The number of ether oxygens (including phenoxy) is 4. The first-order valence-corrected chi connectivity index (χ1v) is 10.4. The molecule has 0 amide bonds. The van der Waals surface area contributed by atoms with Crippen molar-refractivity contribution in [2.24, 2.45) is 0 Å². The topological polar surface area (TPSA) is 36.9 Å². The van der Waals surface area contributed by atoms with E-state index < -0.39 is 5.79 Å². The van der Waals surface area contributed by atoms with Gasteiger partial charge in [-0.1, -0.05) is 0 Å². The zero-order chi connectivity index (χ0) is 16.4. The molecule has 0 N–H and O–H groups in total.